The predicted molar refractivity (Wildman–Crippen MR) is 89.2 cm³/mol. The van der Waals surface area contributed by atoms with Crippen LogP contribution in [-0.2, 0) is 4.79 Å². The number of ether oxygens (including phenoxy) is 2. The standard InChI is InChI=1S/C18H18N2O6/c21-15(22)9-12-2-1-5-20(12)18(23)16-17(26-10-19-16)11-3-4-13-14(8-11)25-7-6-24-13/h3-4,8,10,12H,1-2,5-7,9H2,(H,21,22). The summed E-state index contributed by atoms with van der Waals surface area (Å²) in [6, 6.07) is 4.99. The first-order valence-electron chi connectivity index (χ1n) is 8.50. The highest BCUT2D eigenvalue weighted by Crippen LogP contribution is 2.36. The smallest absolute Gasteiger partial charge is 0.305 e. The number of hydrogen-bond acceptors (Lipinski definition) is 6. The van der Waals surface area contributed by atoms with Gasteiger partial charge in [-0.15, -0.1) is 0 Å². The van der Waals surface area contributed by atoms with Crippen LogP contribution in [0.3, 0.4) is 0 Å². The normalized spacial score (nSPS) is 18.8. The third-order valence-corrected chi connectivity index (χ3v) is 4.62. The van der Waals surface area contributed by atoms with Gasteiger partial charge in [0.25, 0.3) is 5.91 Å². The van der Waals surface area contributed by atoms with Crippen LogP contribution in [0.2, 0.25) is 0 Å². The summed E-state index contributed by atoms with van der Waals surface area (Å²) in [6.45, 7) is 1.48. The Balaban J connectivity index is 1.62. The average molecular weight is 358 g/mol. The van der Waals surface area contributed by atoms with Gasteiger partial charge in [-0.3, -0.25) is 9.59 Å². The molecule has 1 amide bonds. The Labute approximate surface area is 149 Å². The molecular weight excluding hydrogens is 340 g/mol. The number of carbonyl (C=O) groups excluding carboxylic acids is 1. The van der Waals surface area contributed by atoms with Crippen LogP contribution in [0.4, 0.5) is 0 Å². The Morgan fingerprint density at radius 2 is 2.04 bits per heavy atom. The number of benzene rings is 1. The van der Waals surface area contributed by atoms with E-state index in [2.05, 4.69) is 4.98 Å². The molecule has 1 N–H and O–H groups in total. The van der Waals surface area contributed by atoms with Crippen LogP contribution in [-0.4, -0.2) is 52.7 Å². The van der Waals surface area contributed by atoms with Gasteiger partial charge in [0.2, 0.25) is 0 Å². The van der Waals surface area contributed by atoms with Crippen LogP contribution in [0, 0.1) is 0 Å². The van der Waals surface area contributed by atoms with E-state index in [-0.39, 0.29) is 24.1 Å². The van der Waals surface area contributed by atoms with Crippen LogP contribution < -0.4 is 9.47 Å². The van der Waals surface area contributed by atoms with Crippen molar-refractivity contribution in [1.29, 1.82) is 0 Å². The van der Waals surface area contributed by atoms with Gasteiger partial charge in [-0.1, -0.05) is 0 Å². The van der Waals surface area contributed by atoms with Crippen molar-refractivity contribution in [2.24, 2.45) is 0 Å². The Hall–Kier alpha value is -3.03. The van der Waals surface area contributed by atoms with E-state index >= 15 is 0 Å². The molecule has 136 valence electrons. The number of amides is 1. The molecule has 4 rings (SSSR count). The Morgan fingerprint density at radius 3 is 2.85 bits per heavy atom. The lowest BCUT2D eigenvalue weighted by atomic mass is 10.1. The molecule has 2 aliphatic heterocycles. The van der Waals surface area contributed by atoms with Crippen molar-refractivity contribution < 1.29 is 28.6 Å². The Kier molecular flexibility index (Phi) is 4.24. The molecule has 0 saturated carbocycles. The number of nitrogens with zero attached hydrogens (tertiary/aromatic N) is 2. The molecule has 1 saturated heterocycles. The molecule has 0 aliphatic carbocycles. The molecule has 2 aromatic rings. The fraction of sp³-hybridized carbons (Fsp3) is 0.389. The number of aromatic nitrogens is 1. The number of carbonyl (C=O) groups is 2. The number of rotatable bonds is 4. The number of fused-ring (bicyclic) bond motifs is 1. The summed E-state index contributed by atoms with van der Waals surface area (Å²) in [5.41, 5.74) is 0.836. The molecule has 8 heteroatoms. The number of aliphatic carboxylic acids is 1. The molecule has 2 aliphatic rings. The minimum absolute atomic E-state index is 0.0665. The van der Waals surface area contributed by atoms with Crippen LogP contribution >= 0.6 is 0 Å². The largest absolute Gasteiger partial charge is 0.486 e. The molecule has 0 spiro atoms. The monoisotopic (exact) mass is 358 g/mol. The topological polar surface area (TPSA) is 102 Å². The van der Waals surface area contributed by atoms with E-state index in [0.29, 0.717) is 49.0 Å². The highest BCUT2D eigenvalue weighted by atomic mass is 16.6. The predicted octanol–water partition coefficient (Wildman–Crippen LogP) is 2.19. The minimum atomic E-state index is -0.915. The highest BCUT2D eigenvalue weighted by molar-refractivity contribution is 5.98. The van der Waals surface area contributed by atoms with Crippen LogP contribution in [0.25, 0.3) is 11.3 Å². The molecule has 3 heterocycles. The number of likely N-dealkylation sites (tertiary alicyclic amines) is 1. The molecule has 1 aromatic carbocycles. The second-order valence-corrected chi connectivity index (χ2v) is 6.28. The van der Waals surface area contributed by atoms with Crippen molar-refractivity contribution in [1.82, 2.24) is 9.88 Å². The van der Waals surface area contributed by atoms with Gasteiger partial charge in [-0.2, -0.15) is 0 Å². The lowest BCUT2D eigenvalue weighted by Gasteiger charge is -2.23. The highest BCUT2D eigenvalue weighted by Gasteiger charge is 2.34. The zero-order valence-corrected chi connectivity index (χ0v) is 14.0. The van der Waals surface area contributed by atoms with Crippen molar-refractivity contribution in [3.05, 3.63) is 30.3 Å². The minimum Gasteiger partial charge on any atom is -0.486 e. The van der Waals surface area contributed by atoms with Crippen molar-refractivity contribution in [2.45, 2.75) is 25.3 Å². The van der Waals surface area contributed by atoms with E-state index in [0.717, 1.165) is 6.42 Å². The zero-order valence-electron chi connectivity index (χ0n) is 14.0. The van der Waals surface area contributed by atoms with E-state index in [1.54, 1.807) is 23.1 Å². The summed E-state index contributed by atoms with van der Waals surface area (Å²) in [4.78, 5) is 29.6. The molecule has 26 heavy (non-hydrogen) atoms. The van der Waals surface area contributed by atoms with Crippen molar-refractivity contribution in [2.75, 3.05) is 19.8 Å². The molecular formula is C18H18N2O6. The number of oxazole rings is 1. The summed E-state index contributed by atoms with van der Waals surface area (Å²) >= 11 is 0. The van der Waals surface area contributed by atoms with E-state index in [4.69, 9.17) is 19.0 Å². The summed E-state index contributed by atoms with van der Waals surface area (Å²) in [5, 5.41) is 9.05. The third kappa shape index (κ3) is 2.98. The molecule has 8 nitrogen and oxygen atoms in total. The Morgan fingerprint density at radius 1 is 1.23 bits per heavy atom. The second kappa shape index (κ2) is 6.70. The fourth-order valence-electron chi connectivity index (χ4n) is 3.44. The summed E-state index contributed by atoms with van der Waals surface area (Å²) < 4.78 is 16.5. The van der Waals surface area contributed by atoms with Gasteiger partial charge >= 0.3 is 5.97 Å². The lowest BCUT2D eigenvalue weighted by molar-refractivity contribution is -0.137. The quantitative estimate of drug-likeness (QED) is 0.894. The first-order valence-corrected chi connectivity index (χ1v) is 8.50. The number of carboxylic acids is 1. The Bertz CT molecular complexity index is 846. The molecule has 1 atom stereocenters. The van der Waals surface area contributed by atoms with Crippen molar-refractivity contribution in [3.63, 3.8) is 0 Å². The average Bonchev–Trinajstić information content (AvgIpc) is 3.29. The van der Waals surface area contributed by atoms with Gasteiger partial charge in [-0.25, -0.2) is 4.98 Å². The number of carboxylic acid groups (broad SMARTS) is 1. The SMILES string of the molecule is O=C(O)CC1CCCN1C(=O)c1ncoc1-c1ccc2c(c1)OCCO2. The first-order chi connectivity index (χ1) is 12.6. The lowest BCUT2D eigenvalue weighted by Crippen LogP contribution is -2.37. The van der Waals surface area contributed by atoms with E-state index in [9.17, 15) is 9.59 Å². The van der Waals surface area contributed by atoms with Gasteiger partial charge in [0.15, 0.2) is 29.3 Å². The van der Waals surface area contributed by atoms with E-state index in [1.165, 1.54) is 6.39 Å². The van der Waals surface area contributed by atoms with E-state index < -0.39 is 5.97 Å². The molecule has 0 radical (unpaired) electrons. The maximum Gasteiger partial charge on any atom is 0.305 e. The van der Waals surface area contributed by atoms with Crippen molar-refractivity contribution >= 4 is 11.9 Å². The summed E-state index contributed by atoms with van der Waals surface area (Å²) in [5.74, 6) is 0.351. The first kappa shape index (κ1) is 16.4. The fourth-order valence-corrected chi connectivity index (χ4v) is 3.44. The van der Waals surface area contributed by atoms with Gasteiger partial charge in [0.1, 0.15) is 13.2 Å². The van der Waals surface area contributed by atoms with Gasteiger partial charge in [0, 0.05) is 18.2 Å². The molecule has 1 aromatic heterocycles. The second-order valence-electron chi connectivity index (χ2n) is 6.28. The maximum absolute atomic E-state index is 12.9. The summed E-state index contributed by atoms with van der Waals surface area (Å²) in [7, 11) is 0. The van der Waals surface area contributed by atoms with Gasteiger partial charge in [-0.05, 0) is 31.0 Å². The maximum atomic E-state index is 12.9. The van der Waals surface area contributed by atoms with Crippen LogP contribution in [0.1, 0.15) is 29.8 Å². The van der Waals surface area contributed by atoms with Crippen LogP contribution in [0.5, 0.6) is 11.5 Å². The molecule has 1 fully saturated rings. The zero-order chi connectivity index (χ0) is 18.1. The number of hydrogen-bond donors (Lipinski definition) is 1. The van der Waals surface area contributed by atoms with Crippen molar-refractivity contribution in [3.8, 4) is 22.8 Å². The van der Waals surface area contributed by atoms with Gasteiger partial charge in [0.05, 0.1) is 6.42 Å². The summed E-state index contributed by atoms with van der Waals surface area (Å²) in [6.07, 6.45) is 2.61. The van der Waals surface area contributed by atoms with Gasteiger partial charge < -0.3 is 23.9 Å². The van der Waals surface area contributed by atoms with E-state index in [1.807, 2.05) is 0 Å². The van der Waals surface area contributed by atoms with Crippen LogP contribution in [0.15, 0.2) is 29.0 Å². The third-order valence-electron chi connectivity index (χ3n) is 4.62. The molecule has 1 unspecified atom stereocenters. The molecule has 0 bridgehead atoms.